The van der Waals surface area contributed by atoms with Crippen LogP contribution in [0.25, 0.3) is 0 Å². The van der Waals surface area contributed by atoms with E-state index in [0.29, 0.717) is 0 Å². The number of halogens is 2. The summed E-state index contributed by atoms with van der Waals surface area (Å²) < 4.78 is 7.38. The number of methoxy groups -OCH3 is 1. The minimum absolute atomic E-state index is 0.848. The Hall–Kier alpha value is -1.78. The van der Waals surface area contributed by atoms with Gasteiger partial charge in [-0.05, 0) is 72.8 Å². The van der Waals surface area contributed by atoms with Crippen molar-refractivity contribution >= 4 is 48.9 Å². The summed E-state index contributed by atoms with van der Waals surface area (Å²) in [5.41, 5.74) is 3.27. The van der Waals surface area contributed by atoms with Crippen LogP contribution in [0.2, 0.25) is 0 Å². The quantitative estimate of drug-likeness (QED) is 0.455. The molecule has 0 aromatic heterocycles. The summed E-state index contributed by atoms with van der Waals surface area (Å²) in [5, 5.41) is 0. The van der Waals surface area contributed by atoms with Gasteiger partial charge in [0, 0.05) is 26.0 Å². The van der Waals surface area contributed by atoms with E-state index in [1.54, 1.807) is 7.11 Å². The number of benzene rings is 3. The van der Waals surface area contributed by atoms with Gasteiger partial charge in [0.1, 0.15) is 5.75 Å². The molecule has 0 spiro atoms. The van der Waals surface area contributed by atoms with Crippen molar-refractivity contribution in [3.8, 4) is 5.75 Å². The highest BCUT2D eigenvalue weighted by molar-refractivity contribution is 9.10. The molecule has 0 heterocycles. The summed E-state index contributed by atoms with van der Waals surface area (Å²) in [7, 11) is 1.68. The second-order valence-corrected chi connectivity index (χ2v) is 6.82. The smallest absolute Gasteiger partial charge is 0.119 e. The predicted molar refractivity (Wildman–Crippen MR) is 103 cm³/mol. The Morgan fingerprint density at radius 1 is 0.609 bits per heavy atom. The maximum Gasteiger partial charge on any atom is 0.119 e. The third kappa shape index (κ3) is 3.77. The largest absolute Gasteiger partial charge is 0.497 e. The maximum atomic E-state index is 5.26. The summed E-state index contributed by atoms with van der Waals surface area (Å²) in [6.45, 7) is 0. The first kappa shape index (κ1) is 16.1. The van der Waals surface area contributed by atoms with E-state index < -0.39 is 0 Å². The highest BCUT2D eigenvalue weighted by Gasteiger charge is 2.12. The monoisotopic (exact) mass is 431 g/mol. The fourth-order valence-corrected chi connectivity index (χ4v) is 2.89. The van der Waals surface area contributed by atoms with Gasteiger partial charge in [0.05, 0.1) is 7.11 Å². The Morgan fingerprint density at radius 2 is 0.957 bits per heavy atom. The summed E-state index contributed by atoms with van der Waals surface area (Å²) in [4.78, 5) is 2.21. The molecule has 0 unspecified atom stereocenters. The van der Waals surface area contributed by atoms with E-state index in [4.69, 9.17) is 4.74 Å². The maximum absolute atomic E-state index is 5.26. The van der Waals surface area contributed by atoms with Crippen LogP contribution in [0.5, 0.6) is 5.75 Å². The number of hydrogen-bond donors (Lipinski definition) is 0. The number of ether oxygens (including phenoxy) is 1. The molecule has 0 aliphatic rings. The molecule has 3 aromatic carbocycles. The van der Waals surface area contributed by atoms with E-state index in [0.717, 1.165) is 31.8 Å². The molecule has 4 heteroatoms. The average molecular weight is 433 g/mol. The fourth-order valence-electron chi connectivity index (χ4n) is 2.36. The van der Waals surface area contributed by atoms with Crippen LogP contribution in [0.1, 0.15) is 0 Å². The van der Waals surface area contributed by atoms with Crippen LogP contribution in [0.15, 0.2) is 81.7 Å². The topological polar surface area (TPSA) is 12.5 Å². The van der Waals surface area contributed by atoms with Crippen LogP contribution < -0.4 is 9.64 Å². The van der Waals surface area contributed by atoms with Crippen molar-refractivity contribution in [2.45, 2.75) is 0 Å². The first-order valence-corrected chi connectivity index (χ1v) is 8.71. The van der Waals surface area contributed by atoms with Crippen LogP contribution in [-0.4, -0.2) is 7.11 Å². The molecule has 0 atom stereocenters. The number of hydrogen-bond acceptors (Lipinski definition) is 2. The van der Waals surface area contributed by atoms with Crippen molar-refractivity contribution in [1.82, 2.24) is 0 Å². The third-order valence-corrected chi connectivity index (χ3v) is 4.56. The number of anilines is 3. The van der Waals surface area contributed by atoms with Gasteiger partial charge in [0.2, 0.25) is 0 Å². The molecular weight excluding hydrogens is 418 g/mol. The molecule has 0 radical (unpaired) electrons. The molecule has 0 N–H and O–H groups in total. The first-order chi connectivity index (χ1) is 11.2. The lowest BCUT2D eigenvalue weighted by molar-refractivity contribution is 0.415. The van der Waals surface area contributed by atoms with Gasteiger partial charge in [-0.15, -0.1) is 0 Å². The lowest BCUT2D eigenvalue weighted by atomic mass is 10.2. The van der Waals surface area contributed by atoms with E-state index in [1.807, 2.05) is 36.4 Å². The minimum Gasteiger partial charge on any atom is -0.497 e. The molecule has 0 saturated carbocycles. The normalized spacial score (nSPS) is 10.4. The first-order valence-electron chi connectivity index (χ1n) is 7.13. The Labute approximate surface area is 153 Å². The highest BCUT2D eigenvalue weighted by atomic mass is 79.9. The summed E-state index contributed by atoms with van der Waals surface area (Å²) in [6.07, 6.45) is 0. The van der Waals surface area contributed by atoms with E-state index in [-0.39, 0.29) is 0 Å². The van der Waals surface area contributed by atoms with Gasteiger partial charge in [0.15, 0.2) is 0 Å². The molecule has 0 amide bonds. The second-order valence-electron chi connectivity index (χ2n) is 4.99. The van der Waals surface area contributed by atoms with Crippen LogP contribution in [0, 0.1) is 0 Å². The Morgan fingerprint density at radius 3 is 1.30 bits per heavy atom. The lowest BCUT2D eigenvalue weighted by Gasteiger charge is -2.25. The lowest BCUT2D eigenvalue weighted by Crippen LogP contribution is -2.09. The minimum atomic E-state index is 0.848. The van der Waals surface area contributed by atoms with Crippen molar-refractivity contribution in [3.05, 3.63) is 81.7 Å². The summed E-state index contributed by atoms with van der Waals surface area (Å²) in [5.74, 6) is 0.848. The Balaban J connectivity index is 2.08. The van der Waals surface area contributed by atoms with Crippen LogP contribution in [0.4, 0.5) is 17.1 Å². The zero-order valence-electron chi connectivity index (χ0n) is 12.5. The van der Waals surface area contributed by atoms with Crippen molar-refractivity contribution in [1.29, 1.82) is 0 Å². The van der Waals surface area contributed by atoms with Crippen molar-refractivity contribution in [2.75, 3.05) is 12.0 Å². The molecule has 116 valence electrons. The second kappa shape index (κ2) is 7.20. The SMILES string of the molecule is COc1ccc(N(c2ccc(Br)cc2)c2ccc(Br)cc2)cc1. The average Bonchev–Trinajstić information content (AvgIpc) is 2.59. The molecule has 2 nitrogen and oxygen atoms in total. The van der Waals surface area contributed by atoms with E-state index in [1.165, 1.54) is 0 Å². The Bertz CT molecular complexity index is 722. The van der Waals surface area contributed by atoms with Gasteiger partial charge in [-0.3, -0.25) is 0 Å². The highest BCUT2D eigenvalue weighted by Crippen LogP contribution is 2.36. The van der Waals surface area contributed by atoms with Crippen molar-refractivity contribution < 1.29 is 4.74 Å². The number of nitrogens with zero attached hydrogens (tertiary/aromatic N) is 1. The summed E-state index contributed by atoms with van der Waals surface area (Å²) >= 11 is 6.99. The van der Waals surface area contributed by atoms with Crippen molar-refractivity contribution in [2.24, 2.45) is 0 Å². The van der Waals surface area contributed by atoms with Gasteiger partial charge in [-0.25, -0.2) is 0 Å². The van der Waals surface area contributed by atoms with Gasteiger partial charge < -0.3 is 9.64 Å². The summed E-state index contributed by atoms with van der Waals surface area (Å²) in [6, 6.07) is 24.6. The van der Waals surface area contributed by atoms with Crippen LogP contribution in [-0.2, 0) is 0 Å². The van der Waals surface area contributed by atoms with Crippen LogP contribution in [0.3, 0.4) is 0 Å². The standard InChI is InChI=1S/C19H15Br2NO/c1-23-19-12-10-18(11-13-19)22(16-6-2-14(20)3-7-16)17-8-4-15(21)5-9-17/h2-13H,1H3. The Kier molecular flexibility index (Phi) is 5.03. The zero-order valence-corrected chi connectivity index (χ0v) is 15.7. The molecule has 0 fully saturated rings. The van der Waals surface area contributed by atoms with Gasteiger partial charge in [-0.1, -0.05) is 31.9 Å². The van der Waals surface area contributed by atoms with Gasteiger partial charge in [0.25, 0.3) is 0 Å². The molecule has 0 aliphatic heterocycles. The van der Waals surface area contributed by atoms with Crippen molar-refractivity contribution in [3.63, 3.8) is 0 Å². The van der Waals surface area contributed by atoms with Gasteiger partial charge in [-0.2, -0.15) is 0 Å². The molecule has 0 bridgehead atoms. The molecule has 0 aliphatic carbocycles. The molecule has 3 rings (SSSR count). The fraction of sp³-hybridized carbons (Fsp3) is 0.0526. The molecule has 23 heavy (non-hydrogen) atoms. The van der Waals surface area contributed by atoms with Gasteiger partial charge >= 0.3 is 0 Å². The molecule has 3 aromatic rings. The third-order valence-electron chi connectivity index (χ3n) is 3.50. The molecular formula is C19H15Br2NO. The van der Waals surface area contributed by atoms with Crippen LogP contribution >= 0.6 is 31.9 Å². The van der Waals surface area contributed by atoms with E-state index in [2.05, 4.69) is 73.2 Å². The zero-order chi connectivity index (χ0) is 16.2. The van der Waals surface area contributed by atoms with E-state index in [9.17, 15) is 0 Å². The van der Waals surface area contributed by atoms with E-state index >= 15 is 0 Å². The number of rotatable bonds is 4. The molecule has 0 saturated heterocycles. The predicted octanol–water partition coefficient (Wildman–Crippen LogP) is 6.69.